The van der Waals surface area contributed by atoms with Gasteiger partial charge in [0.05, 0.1) is 12.7 Å². The van der Waals surface area contributed by atoms with E-state index in [9.17, 15) is 0 Å². The molecule has 18 heavy (non-hydrogen) atoms. The van der Waals surface area contributed by atoms with Crippen LogP contribution in [0.5, 0.6) is 0 Å². The van der Waals surface area contributed by atoms with Crippen molar-refractivity contribution in [2.24, 2.45) is 0 Å². The van der Waals surface area contributed by atoms with Crippen molar-refractivity contribution in [3.05, 3.63) is 37.4 Å². The van der Waals surface area contributed by atoms with Gasteiger partial charge in [0.15, 0.2) is 0 Å². The molecule has 0 aromatic carbocycles. The van der Waals surface area contributed by atoms with E-state index in [0.717, 1.165) is 11.5 Å². The van der Waals surface area contributed by atoms with E-state index in [-0.39, 0.29) is 0 Å². The Labute approximate surface area is 116 Å². The van der Waals surface area contributed by atoms with Gasteiger partial charge in [-0.1, -0.05) is 21.6 Å². The molecule has 0 aliphatic heterocycles. The van der Waals surface area contributed by atoms with Gasteiger partial charge in [0.25, 0.3) is 0 Å². The maximum absolute atomic E-state index is 4.07. The lowest BCUT2D eigenvalue weighted by Crippen LogP contribution is -2.06. The molecule has 2 heterocycles. The van der Waals surface area contributed by atoms with Crippen LogP contribution in [0, 0.1) is 0 Å². The summed E-state index contributed by atoms with van der Waals surface area (Å²) in [6.07, 6.45) is 11.5. The van der Waals surface area contributed by atoms with Crippen molar-refractivity contribution in [1.29, 1.82) is 0 Å². The van der Waals surface area contributed by atoms with Gasteiger partial charge in [0, 0.05) is 48.4 Å². The van der Waals surface area contributed by atoms with Crippen molar-refractivity contribution < 1.29 is 0 Å². The Morgan fingerprint density at radius 3 is 1.67 bits per heavy atom. The standard InChI is InChI=1S/C12H18N4S2/c1-11(15-5-3-13-9-15)7-17-18-8-12(2)16-6-4-14-10-16/h3-6,9-12H,7-8H2,1-2H3. The van der Waals surface area contributed by atoms with E-state index in [1.165, 1.54) is 0 Å². The van der Waals surface area contributed by atoms with Crippen LogP contribution >= 0.6 is 21.6 Å². The first kappa shape index (κ1) is 13.5. The summed E-state index contributed by atoms with van der Waals surface area (Å²) in [4.78, 5) is 8.14. The molecule has 0 fully saturated rings. The molecule has 0 radical (unpaired) electrons. The summed E-state index contributed by atoms with van der Waals surface area (Å²) in [5.74, 6) is 2.19. The zero-order chi connectivity index (χ0) is 12.8. The highest BCUT2D eigenvalue weighted by Crippen LogP contribution is 2.28. The predicted octanol–water partition coefficient (Wildman–Crippen LogP) is 3.28. The maximum atomic E-state index is 4.07. The molecule has 0 aliphatic rings. The lowest BCUT2D eigenvalue weighted by molar-refractivity contribution is 0.608. The minimum absolute atomic E-state index is 0.494. The molecular weight excluding hydrogens is 264 g/mol. The molecule has 0 aliphatic carbocycles. The van der Waals surface area contributed by atoms with Gasteiger partial charge in [-0.05, 0) is 13.8 Å². The summed E-state index contributed by atoms with van der Waals surface area (Å²) in [6.45, 7) is 4.43. The molecule has 0 spiro atoms. The number of nitrogens with zero attached hydrogens (tertiary/aromatic N) is 4. The Kier molecular flexibility index (Phi) is 5.19. The molecule has 2 unspecified atom stereocenters. The van der Waals surface area contributed by atoms with Crippen LogP contribution in [0.4, 0.5) is 0 Å². The zero-order valence-corrected chi connectivity index (χ0v) is 12.3. The van der Waals surface area contributed by atoms with Gasteiger partial charge in [-0.15, -0.1) is 0 Å². The third-order valence-electron chi connectivity index (χ3n) is 2.77. The van der Waals surface area contributed by atoms with Crippen LogP contribution in [0.15, 0.2) is 37.4 Å². The lowest BCUT2D eigenvalue weighted by atomic mass is 10.4. The Balaban J connectivity index is 1.64. The highest BCUT2D eigenvalue weighted by atomic mass is 33.1. The highest BCUT2D eigenvalue weighted by Gasteiger charge is 2.06. The molecule has 2 atom stereocenters. The number of hydrogen-bond donors (Lipinski definition) is 0. The van der Waals surface area contributed by atoms with Crippen molar-refractivity contribution in [2.75, 3.05) is 11.5 Å². The van der Waals surface area contributed by atoms with Gasteiger partial charge in [-0.25, -0.2) is 9.97 Å². The second-order valence-electron chi connectivity index (χ2n) is 4.29. The van der Waals surface area contributed by atoms with Gasteiger partial charge < -0.3 is 9.13 Å². The number of imidazole rings is 2. The van der Waals surface area contributed by atoms with Crippen molar-refractivity contribution >= 4 is 21.6 Å². The van der Waals surface area contributed by atoms with Crippen molar-refractivity contribution in [2.45, 2.75) is 25.9 Å². The summed E-state index contributed by atoms with van der Waals surface area (Å²) >= 11 is 0. The normalized spacial score (nSPS) is 14.6. The Morgan fingerprint density at radius 2 is 1.33 bits per heavy atom. The molecule has 0 saturated heterocycles. The predicted molar refractivity (Wildman–Crippen MR) is 78.8 cm³/mol. The highest BCUT2D eigenvalue weighted by molar-refractivity contribution is 8.76. The monoisotopic (exact) mass is 282 g/mol. The molecule has 2 rings (SSSR count). The molecule has 98 valence electrons. The molecule has 2 aromatic heterocycles. The van der Waals surface area contributed by atoms with Crippen LogP contribution in [0.2, 0.25) is 0 Å². The first-order valence-electron chi connectivity index (χ1n) is 5.96. The van der Waals surface area contributed by atoms with Crippen LogP contribution in [-0.4, -0.2) is 30.6 Å². The molecule has 0 bridgehead atoms. The zero-order valence-electron chi connectivity index (χ0n) is 10.6. The Morgan fingerprint density at radius 1 is 0.889 bits per heavy atom. The Bertz CT molecular complexity index is 385. The second-order valence-corrected chi connectivity index (χ2v) is 6.84. The number of hydrogen-bond acceptors (Lipinski definition) is 4. The largest absolute Gasteiger partial charge is 0.334 e. The van der Waals surface area contributed by atoms with Gasteiger partial charge >= 0.3 is 0 Å². The van der Waals surface area contributed by atoms with Crippen LogP contribution < -0.4 is 0 Å². The maximum Gasteiger partial charge on any atom is 0.0948 e. The van der Waals surface area contributed by atoms with E-state index in [2.05, 4.69) is 32.9 Å². The van der Waals surface area contributed by atoms with Crippen molar-refractivity contribution in [3.8, 4) is 0 Å². The van der Waals surface area contributed by atoms with Gasteiger partial charge in [-0.2, -0.15) is 0 Å². The molecule has 2 aromatic rings. The summed E-state index contributed by atoms with van der Waals surface area (Å²) < 4.78 is 4.29. The lowest BCUT2D eigenvalue weighted by Gasteiger charge is -2.14. The quantitative estimate of drug-likeness (QED) is 0.577. The van der Waals surface area contributed by atoms with Crippen LogP contribution in [0.3, 0.4) is 0 Å². The molecule has 0 saturated carbocycles. The first-order valence-corrected chi connectivity index (χ1v) is 8.45. The first-order chi connectivity index (χ1) is 8.77. The summed E-state index contributed by atoms with van der Waals surface area (Å²) in [7, 11) is 3.84. The summed E-state index contributed by atoms with van der Waals surface area (Å²) in [5.41, 5.74) is 0. The van der Waals surface area contributed by atoms with E-state index in [1.54, 1.807) is 0 Å². The van der Waals surface area contributed by atoms with Crippen LogP contribution in [0.25, 0.3) is 0 Å². The smallest absolute Gasteiger partial charge is 0.0948 e. The minimum Gasteiger partial charge on any atom is -0.334 e. The molecule has 0 amide bonds. The van der Waals surface area contributed by atoms with Crippen molar-refractivity contribution in [3.63, 3.8) is 0 Å². The Hall–Kier alpha value is -0.880. The summed E-state index contributed by atoms with van der Waals surface area (Å²) in [6, 6.07) is 0.988. The van der Waals surface area contributed by atoms with Gasteiger partial charge in [0.2, 0.25) is 0 Å². The molecular formula is C12H18N4S2. The van der Waals surface area contributed by atoms with E-state index in [0.29, 0.717) is 12.1 Å². The summed E-state index contributed by atoms with van der Waals surface area (Å²) in [5, 5.41) is 0. The van der Waals surface area contributed by atoms with Gasteiger partial charge in [-0.3, -0.25) is 0 Å². The third-order valence-corrected chi connectivity index (χ3v) is 5.49. The van der Waals surface area contributed by atoms with E-state index in [4.69, 9.17) is 0 Å². The molecule has 4 nitrogen and oxygen atoms in total. The average Bonchev–Trinajstić information content (AvgIpc) is 3.05. The SMILES string of the molecule is CC(CSSCC(C)n1ccnc1)n1ccnc1. The average molecular weight is 282 g/mol. The minimum atomic E-state index is 0.494. The van der Waals surface area contributed by atoms with E-state index in [1.807, 2.05) is 59.0 Å². The fourth-order valence-electron chi connectivity index (χ4n) is 1.53. The van der Waals surface area contributed by atoms with Gasteiger partial charge in [0.1, 0.15) is 0 Å². The van der Waals surface area contributed by atoms with Crippen molar-refractivity contribution in [1.82, 2.24) is 19.1 Å². The fourth-order valence-corrected chi connectivity index (χ4v) is 4.22. The van der Waals surface area contributed by atoms with E-state index >= 15 is 0 Å². The van der Waals surface area contributed by atoms with Crippen LogP contribution in [-0.2, 0) is 0 Å². The second kappa shape index (κ2) is 6.89. The number of rotatable bonds is 7. The molecule has 6 heteroatoms. The van der Waals surface area contributed by atoms with E-state index < -0.39 is 0 Å². The third kappa shape index (κ3) is 3.81. The fraction of sp³-hybridized carbons (Fsp3) is 0.500. The van der Waals surface area contributed by atoms with Crippen LogP contribution in [0.1, 0.15) is 25.9 Å². The molecule has 0 N–H and O–H groups in total. The number of aromatic nitrogens is 4. The topological polar surface area (TPSA) is 35.6 Å².